The molecule has 4 nitrogen and oxygen atoms in total. The minimum Gasteiger partial charge on any atom is -0.368 e. The van der Waals surface area contributed by atoms with Crippen molar-refractivity contribution >= 4 is 11.3 Å². The van der Waals surface area contributed by atoms with Crippen LogP contribution in [-0.4, -0.2) is 29.9 Å². The van der Waals surface area contributed by atoms with E-state index in [1.807, 2.05) is 0 Å². The van der Waals surface area contributed by atoms with E-state index in [0.717, 1.165) is 24.7 Å². The quantitative estimate of drug-likeness (QED) is 0.878. The standard InChI is InChI=1S/C12H19N3OS/c1-2-4-9(5-3-1)11-14-15-12(17-11)10-8-13-6-7-16-10/h9-10,13H,1-8H2. The molecule has 0 spiro atoms. The maximum atomic E-state index is 5.71. The second-order valence-electron chi connectivity index (χ2n) is 4.88. The van der Waals surface area contributed by atoms with E-state index in [-0.39, 0.29) is 6.10 Å². The maximum absolute atomic E-state index is 5.71. The van der Waals surface area contributed by atoms with Crippen molar-refractivity contribution in [1.29, 1.82) is 0 Å². The summed E-state index contributed by atoms with van der Waals surface area (Å²) < 4.78 is 5.71. The van der Waals surface area contributed by atoms with Gasteiger partial charge in [-0.05, 0) is 12.8 Å². The van der Waals surface area contributed by atoms with Gasteiger partial charge in [0.1, 0.15) is 16.1 Å². The second kappa shape index (κ2) is 5.42. The van der Waals surface area contributed by atoms with Crippen molar-refractivity contribution in [2.45, 2.75) is 44.1 Å². The molecule has 94 valence electrons. The fourth-order valence-corrected chi connectivity index (χ4v) is 3.68. The van der Waals surface area contributed by atoms with E-state index in [1.165, 1.54) is 37.1 Å². The molecule has 0 bridgehead atoms. The van der Waals surface area contributed by atoms with Gasteiger partial charge in [0.25, 0.3) is 0 Å². The molecule has 5 heteroatoms. The molecule has 1 saturated heterocycles. The monoisotopic (exact) mass is 253 g/mol. The lowest BCUT2D eigenvalue weighted by molar-refractivity contribution is 0.0271. The van der Waals surface area contributed by atoms with Crippen LogP contribution in [0.3, 0.4) is 0 Å². The third-order valence-electron chi connectivity index (χ3n) is 3.61. The number of morpholine rings is 1. The second-order valence-corrected chi connectivity index (χ2v) is 5.92. The Labute approximate surface area is 106 Å². The molecule has 1 N–H and O–H groups in total. The van der Waals surface area contributed by atoms with E-state index in [0.29, 0.717) is 5.92 Å². The summed E-state index contributed by atoms with van der Waals surface area (Å²) >= 11 is 1.76. The number of nitrogens with one attached hydrogen (secondary N) is 1. The Hall–Kier alpha value is -0.520. The summed E-state index contributed by atoms with van der Waals surface area (Å²) in [7, 11) is 0. The van der Waals surface area contributed by atoms with Crippen molar-refractivity contribution in [3.05, 3.63) is 10.0 Å². The predicted octanol–water partition coefficient (Wildman–Crippen LogP) is 2.25. The Kier molecular flexibility index (Phi) is 3.68. The van der Waals surface area contributed by atoms with Crippen molar-refractivity contribution in [3.63, 3.8) is 0 Å². The lowest BCUT2D eigenvalue weighted by Gasteiger charge is -2.21. The van der Waals surface area contributed by atoms with E-state index in [4.69, 9.17) is 4.74 Å². The minimum atomic E-state index is 0.124. The Morgan fingerprint density at radius 3 is 2.71 bits per heavy atom. The highest BCUT2D eigenvalue weighted by atomic mass is 32.1. The van der Waals surface area contributed by atoms with Crippen LogP contribution in [0, 0.1) is 0 Å². The van der Waals surface area contributed by atoms with Gasteiger partial charge in [-0.15, -0.1) is 10.2 Å². The fourth-order valence-electron chi connectivity index (χ4n) is 2.62. The molecule has 17 heavy (non-hydrogen) atoms. The summed E-state index contributed by atoms with van der Waals surface area (Å²) in [5.41, 5.74) is 0. The maximum Gasteiger partial charge on any atom is 0.147 e. The van der Waals surface area contributed by atoms with Crippen LogP contribution in [0.1, 0.15) is 54.1 Å². The lowest BCUT2D eigenvalue weighted by atomic mass is 9.90. The highest BCUT2D eigenvalue weighted by Crippen LogP contribution is 2.35. The number of rotatable bonds is 2. The molecule has 1 saturated carbocycles. The van der Waals surface area contributed by atoms with Crippen LogP contribution in [0.5, 0.6) is 0 Å². The average Bonchev–Trinajstić information content (AvgIpc) is 2.90. The zero-order valence-electron chi connectivity index (χ0n) is 10.0. The number of nitrogens with zero attached hydrogens (tertiary/aromatic N) is 2. The van der Waals surface area contributed by atoms with Crippen molar-refractivity contribution in [3.8, 4) is 0 Å². The molecule has 2 heterocycles. The Morgan fingerprint density at radius 2 is 1.94 bits per heavy atom. The zero-order valence-corrected chi connectivity index (χ0v) is 10.8. The molecule has 2 aliphatic rings. The molecule has 3 rings (SSSR count). The third-order valence-corrected chi connectivity index (χ3v) is 4.79. The van der Waals surface area contributed by atoms with Crippen molar-refractivity contribution in [1.82, 2.24) is 15.5 Å². The van der Waals surface area contributed by atoms with Gasteiger partial charge in [-0.1, -0.05) is 30.6 Å². The number of aromatic nitrogens is 2. The van der Waals surface area contributed by atoms with Gasteiger partial charge in [0.15, 0.2) is 0 Å². The first-order valence-corrected chi connectivity index (χ1v) is 7.41. The van der Waals surface area contributed by atoms with Gasteiger partial charge in [-0.2, -0.15) is 0 Å². The van der Waals surface area contributed by atoms with Crippen molar-refractivity contribution in [2.75, 3.05) is 19.7 Å². The molecule has 1 atom stereocenters. The first-order chi connectivity index (χ1) is 8.43. The number of hydrogen-bond acceptors (Lipinski definition) is 5. The van der Waals surface area contributed by atoms with Crippen molar-refractivity contribution in [2.24, 2.45) is 0 Å². The molecule has 1 aliphatic carbocycles. The normalized spacial score (nSPS) is 27.2. The SMILES string of the molecule is C1CCC(c2nnc(C3CNCCO3)s2)CC1. The molecule has 0 amide bonds. The van der Waals surface area contributed by atoms with Gasteiger partial charge in [-0.25, -0.2) is 0 Å². The topological polar surface area (TPSA) is 47.0 Å². The molecular weight excluding hydrogens is 234 g/mol. The van der Waals surface area contributed by atoms with Crippen LogP contribution < -0.4 is 5.32 Å². The molecule has 0 aromatic carbocycles. The van der Waals surface area contributed by atoms with E-state index in [9.17, 15) is 0 Å². The fraction of sp³-hybridized carbons (Fsp3) is 0.833. The van der Waals surface area contributed by atoms with Gasteiger partial charge < -0.3 is 10.1 Å². The highest BCUT2D eigenvalue weighted by molar-refractivity contribution is 7.11. The molecule has 1 aromatic rings. The number of hydrogen-bond donors (Lipinski definition) is 1. The van der Waals surface area contributed by atoms with Crippen LogP contribution in [0.4, 0.5) is 0 Å². The van der Waals surface area contributed by atoms with Crippen LogP contribution in [0.25, 0.3) is 0 Å². The van der Waals surface area contributed by atoms with Gasteiger partial charge in [0, 0.05) is 19.0 Å². The highest BCUT2D eigenvalue weighted by Gasteiger charge is 2.24. The van der Waals surface area contributed by atoms with Gasteiger partial charge >= 0.3 is 0 Å². The van der Waals surface area contributed by atoms with Gasteiger partial charge in [0.2, 0.25) is 0 Å². The summed E-state index contributed by atoms with van der Waals surface area (Å²) in [5, 5.41) is 14.3. The Bertz CT molecular complexity index is 324. The van der Waals surface area contributed by atoms with Gasteiger partial charge in [0.05, 0.1) is 6.61 Å². The van der Waals surface area contributed by atoms with Crippen molar-refractivity contribution < 1.29 is 4.74 Å². The summed E-state index contributed by atoms with van der Waals surface area (Å²) in [6.45, 7) is 2.60. The average molecular weight is 253 g/mol. The molecule has 1 aliphatic heterocycles. The van der Waals surface area contributed by atoms with Crippen LogP contribution in [0.15, 0.2) is 0 Å². The predicted molar refractivity (Wildman–Crippen MR) is 67.3 cm³/mol. The van der Waals surface area contributed by atoms with E-state index >= 15 is 0 Å². The Morgan fingerprint density at radius 1 is 1.12 bits per heavy atom. The molecular formula is C12H19N3OS. The molecule has 0 radical (unpaired) electrons. The van der Waals surface area contributed by atoms with Crippen LogP contribution in [0.2, 0.25) is 0 Å². The smallest absolute Gasteiger partial charge is 0.147 e. The van der Waals surface area contributed by atoms with Gasteiger partial charge in [-0.3, -0.25) is 0 Å². The largest absolute Gasteiger partial charge is 0.368 e. The molecule has 1 unspecified atom stereocenters. The number of ether oxygens (including phenoxy) is 1. The molecule has 1 aromatic heterocycles. The summed E-state index contributed by atoms with van der Waals surface area (Å²) in [6.07, 6.45) is 6.79. The van der Waals surface area contributed by atoms with Crippen LogP contribution in [-0.2, 0) is 4.74 Å². The molecule has 2 fully saturated rings. The summed E-state index contributed by atoms with van der Waals surface area (Å²) in [4.78, 5) is 0. The first kappa shape index (κ1) is 11.6. The van der Waals surface area contributed by atoms with E-state index in [1.54, 1.807) is 11.3 Å². The van der Waals surface area contributed by atoms with E-state index < -0.39 is 0 Å². The first-order valence-electron chi connectivity index (χ1n) is 6.59. The minimum absolute atomic E-state index is 0.124. The van der Waals surface area contributed by atoms with Crippen LogP contribution >= 0.6 is 11.3 Å². The lowest BCUT2D eigenvalue weighted by Crippen LogP contribution is -2.33. The third kappa shape index (κ3) is 2.67. The zero-order chi connectivity index (χ0) is 11.5. The Balaban J connectivity index is 1.68. The summed E-state index contributed by atoms with van der Waals surface area (Å²) in [6, 6.07) is 0. The van der Waals surface area contributed by atoms with E-state index in [2.05, 4.69) is 15.5 Å². The summed E-state index contributed by atoms with van der Waals surface area (Å²) in [5.74, 6) is 0.659.